The van der Waals surface area contributed by atoms with E-state index in [1.807, 2.05) is 18.2 Å². The lowest BCUT2D eigenvalue weighted by Gasteiger charge is -2.30. The Morgan fingerprint density at radius 2 is 2.00 bits per heavy atom. The molecule has 1 aromatic carbocycles. The van der Waals surface area contributed by atoms with Gasteiger partial charge in [-0.1, -0.05) is 18.9 Å². The van der Waals surface area contributed by atoms with Crippen LogP contribution in [0.15, 0.2) is 24.3 Å². The SMILES string of the molecule is COc1cccc2[nH]c(C(=O)N3C[C@@H]4CCC[C@@H]4[C@H]3C(=O)N[C@@H](CC3CCCCC3=O)C(=O)COP(C)(=O)O)cc12. The second kappa shape index (κ2) is 12.1. The lowest BCUT2D eigenvalue weighted by atomic mass is 9.82. The fraction of sp³-hybridized carbons (Fsp3) is 0.586. The molecule has 41 heavy (non-hydrogen) atoms. The number of aromatic amines is 1. The number of nitrogens with zero attached hydrogens (tertiary/aromatic N) is 1. The lowest BCUT2D eigenvalue weighted by Crippen LogP contribution is -2.54. The van der Waals surface area contributed by atoms with Crippen LogP contribution in [0.4, 0.5) is 0 Å². The third-order valence-corrected chi connectivity index (χ3v) is 9.46. The van der Waals surface area contributed by atoms with Crippen molar-refractivity contribution in [1.82, 2.24) is 15.2 Å². The van der Waals surface area contributed by atoms with Crippen LogP contribution in [0.3, 0.4) is 0 Å². The monoisotopic (exact) mass is 587 g/mol. The number of fused-ring (bicyclic) bond motifs is 2. The highest BCUT2D eigenvalue weighted by Gasteiger charge is 2.50. The second-order valence-electron chi connectivity index (χ2n) is 11.6. The topological polar surface area (TPSA) is 155 Å². The molecule has 6 atom stereocenters. The van der Waals surface area contributed by atoms with Gasteiger partial charge in [0.05, 0.1) is 13.2 Å². The van der Waals surface area contributed by atoms with E-state index >= 15 is 0 Å². The van der Waals surface area contributed by atoms with Gasteiger partial charge < -0.3 is 29.4 Å². The van der Waals surface area contributed by atoms with Crippen LogP contribution in [0.1, 0.15) is 61.9 Å². The maximum Gasteiger partial charge on any atom is 0.325 e. The molecule has 1 saturated heterocycles. The van der Waals surface area contributed by atoms with Crippen LogP contribution in [0, 0.1) is 17.8 Å². The minimum Gasteiger partial charge on any atom is -0.496 e. The molecule has 0 spiro atoms. The number of benzene rings is 1. The van der Waals surface area contributed by atoms with Crippen LogP contribution in [0.2, 0.25) is 0 Å². The first-order valence-electron chi connectivity index (χ1n) is 14.3. The van der Waals surface area contributed by atoms with Crippen molar-refractivity contribution in [3.8, 4) is 5.75 Å². The number of Topliss-reactive ketones (excluding diaryl/α,β-unsaturated/α-hetero) is 2. The van der Waals surface area contributed by atoms with Gasteiger partial charge in [-0.2, -0.15) is 0 Å². The Kier molecular flexibility index (Phi) is 8.68. The standard InChI is InChI=1S/C29H38N3O8P/c1-39-26-12-6-10-21-20(26)14-23(30-21)29(36)32-15-18-8-5-9-19(18)27(32)28(35)31-22(25(34)16-40-41(2,37)38)13-17-7-3-4-11-24(17)33/h6,10,12,14,17-19,22,27,30H,3-5,7-9,11,13,15-16H2,1-2H3,(H,31,35)(H,37,38)/t17?,18-,19-,22-,27-/m0/s1. The lowest BCUT2D eigenvalue weighted by molar-refractivity contribution is -0.133. The van der Waals surface area contributed by atoms with E-state index in [1.54, 1.807) is 18.1 Å². The largest absolute Gasteiger partial charge is 0.496 e. The van der Waals surface area contributed by atoms with Gasteiger partial charge in [-0.15, -0.1) is 0 Å². The van der Waals surface area contributed by atoms with Gasteiger partial charge in [0.25, 0.3) is 5.91 Å². The number of carbonyl (C=O) groups is 4. The summed E-state index contributed by atoms with van der Waals surface area (Å²) >= 11 is 0. The smallest absolute Gasteiger partial charge is 0.325 e. The summed E-state index contributed by atoms with van der Waals surface area (Å²) in [6, 6.07) is 5.37. The molecular weight excluding hydrogens is 549 g/mol. The van der Waals surface area contributed by atoms with E-state index < -0.39 is 38.0 Å². The minimum absolute atomic E-state index is 0.0468. The summed E-state index contributed by atoms with van der Waals surface area (Å²) in [6.45, 7) is 0.757. The van der Waals surface area contributed by atoms with Crippen molar-refractivity contribution in [3.05, 3.63) is 30.0 Å². The molecule has 11 nitrogen and oxygen atoms in total. The van der Waals surface area contributed by atoms with Crippen molar-refractivity contribution >= 4 is 41.9 Å². The second-order valence-corrected chi connectivity index (χ2v) is 13.5. The van der Waals surface area contributed by atoms with E-state index in [1.165, 1.54) is 0 Å². The summed E-state index contributed by atoms with van der Waals surface area (Å²) in [5, 5.41) is 3.60. The van der Waals surface area contributed by atoms with Gasteiger partial charge in [-0.25, -0.2) is 0 Å². The van der Waals surface area contributed by atoms with Crippen LogP contribution in [0.5, 0.6) is 5.75 Å². The Hall–Kier alpha value is -3.01. The predicted octanol–water partition coefficient (Wildman–Crippen LogP) is 3.45. The van der Waals surface area contributed by atoms with Gasteiger partial charge in [-0.3, -0.25) is 23.7 Å². The average molecular weight is 588 g/mol. The molecule has 2 aliphatic carbocycles. The first-order valence-corrected chi connectivity index (χ1v) is 16.4. The van der Waals surface area contributed by atoms with Crippen LogP contribution >= 0.6 is 7.60 Å². The van der Waals surface area contributed by atoms with Crippen molar-refractivity contribution in [1.29, 1.82) is 0 Å². The summed E-state index contributed by atoms with van der Waals surface area (Å²) in [4.78, 5) is 67.8. The van der Waals surface area contributed by atoms with Gasteiger partial charge in [0.2, 0.25) is 5.91 Å². The van der Waals surface area contributed by atoms with Gasteiger partial charge in [0, 0.05) is 36.5 Å². The van der Waals surface area contributed by atoms with Crippen LogP contribution in [0.25, 0.3) is 10.9 Å². The number of methoxy groups -OCH3 is 1. The Bertz CT molecular complexity index is 1380. The zero-order valence-electron chi connectivity index (χ0n) is 23.5. The number of rotatable bonds is 10. The number of amides is 2. The summed E-state index contributed by atoms with van der Waals surface area (Å²) in [5.41, 5.74) is 1.09. The molecule has 12 heteroatoms. The quantitative estimate of drug-likeness (QED) is 0.357. The number of ether oxygens (including phenoxy) is 1. The first-order chi connectivity index (χ1) is 19.6. The van der Waals surface area contributed by atoms with E-state index in [-0.39, 0.29) is 35.9 Å². The van der Waals surface area contributed by atoms with Gasteiger partial charge in [0.15, 0.2) is 5.78 Å². The van der Waals surface area contributed by atoms with Gasteiger partial charge >= 0.3 is 7.60 Å². The van der Waals surface area contributed by atoms with Crippen molar-refractivity contribution in [3.63, 3.8) is 0 Å². The zero-order valence-corrected chi connectivity index (χ0v) is 24.4. The number of hydrogen-bond donors (Lipinski definition) is 3. The van der Waals surface area contributed by atoms with Crippen LogP contribution < -0.4 is 10.1 Å². The Morgan fingerprint density at radius 3 is 2.73 bits per heavy atom. The molecule has 3 aliphatic rings. The number of likely N-dealkylation sites (tertiary alicyclic amines) is 1. The molecule has 2 amide bonds. The van der Waals surface area contributed by atoms with Gasteiger partial charge in [-0.05, 0) is 62.1 Å². The number of carbonyl (C=O) groups excluding carboxylic acids is 4. The highest BCUT2D eigenvalue weighted by Crippen LogP contribution is 2.43. The normalized spacial score (nSPS) is 26.4. The molecule has 2 unspecified atom stereocenters. The minimum atomic E-state index is -3.93. The molecular formula is C29H38N3O8P. The fourth-order valence-electron chi connectivity index (χ4n) is 6.83. The summed E-state index contributed by atoms with van der Waals surface area (Å²) in [5.74, 6) is -0.913. The number of ketones is 2. The number of nitrogens with one attached hydrogen (secondary N) is 2. The molecule has 3 N–H and O–H groups in total. The summed E-state index contributed by atoms with van der Waals surface area (Å²) in [6.07, 6.45) is 5.46. The molecule has 2 saturated carbocycles. The Morgan fingerprint density at radius 1 is 1.20 bits per heavy atom. The third-order valence-electron chi connectivity index (χ3n) is 8.85. The maximum absolute atomic E-state index is 13.9. The van der Waals surface area contributed by atoms with Crippen molar-refractivity contribution < 1.29 is 37.9 Å². The van der Waals surface area contributed by atoms with Crippen LogP contribution in [-0.4, -0.2) is 77.2 Å². The Balaban J connectivity index is 1.39. The number of H-pyrrole nitrogens is 1. The first kappa shape index (κ1) is 29.5. The molecule has 3 fully saturated rings. The molecule has 2 aromatic rings. The maximum atomic E-state index is 13.9. The van der Waals surface area contributed by atoms with Crippen molar-refractivity contribution in [2.24, 2.45) is 17.8 Å². The molecule has 2 heterocycles. The number of hydrogen-bond acceptors (Lipinski definition) is 7. The van der Waals surface area contributed by atoms with E-state index in [2.05, 4.69) is 10.3 Å². The highest BCUT2D eigenvalue weighted by molar-refractivity contribution is 7.51. The molecule has 1 aliphatic heterocycles. The third kappa shape index (κ3) is 6.42. The average Bonchev–Trinajstić information content (AvgIpc) is 3.66. The highest BCUT2D eigenvalue weighted by atomic mass is 31.2. The van der Waals surface area contributed by atoms with E-state index in [0.717, 1.165) is 49.7 Å². The van der Waals surface area contributed by atoms with Gasteiger partial charge in [0.1, 0.15) is 29.9 Å². The van der Waals surface area contributed by atoms with Crippen molar-refractivity contribution in [2.75, 3.05) is 26.9 Å². The summed E-state index contributed by atoms with van der Waals surface area (Å²) in [7, 11) is -2.36. The number of aromatic nitrogens is 1. The molecule has 1 aromatic heterocycles. The zero-order chi connectivity index (χ0) is 29.3. The molecule has 0 radical (unpaired) electrons. The van der Waals surface area contributed by atoms with E-state index in [9.17, 15) is 28.6 Å². The van der Waals surface area contributed by atoms with Crippen LogP contribution in [-0.2, 0) is 23.5 Å². The molecule has 0 bridgehead atoms. The molecule has 5 rings (SSSR count). The molecule has 222 valence electrons. The van der Waals surface area contributed by atoms with Crippen molar-refractivity contribution in [2.45, 2.75) is 63.5 Å². The Labute approximate surface area is 238 Å². The fourth-order valence-corrected chi connectivity index (χ4v) is 7.19. The summed E-state index contributed by atoms with van der Waals surface area (Å²) < 4.78 is 22.0. The van der Waals surface area contributed by atoms with E-state index in [4.69, 9.17) is 9.26 Å². The predicted molar refractivity (Wildman–Crippen MR) is 151 cm³/mol. The van der Waals surface area contributed by atoms with E-state index in [0.29, 0.717) is 30.8 Å².